The minimum absolute atomic E-state index is 0.157. The molecule has 0 spiro atoms. The predicted octanol–water partition coefficient (Wildman–Crippen LogP) is 1.29. The summed E-state index contributed by atoms with van der Waals surface area (Å²) in [6.07, 6.45) is -0.0803. The number of nitrogen functional groups attached to an aromatic ring is 1. The monoisotopic (exact) mass is 292 g/mol. The molecule has 0 aliphatic carbocycles. The van der Waals surface area contributed by atoms with E-state index in [0.29, 0.717) is 12.2 Å². The van der Waals surface area contributed by atoms with E-state index < -0.39 is 6.17 Å². The first-order valence-electron chi connectivity index (χ1n) is 7.28. The molecule has 0 fully saturated rings. The van der Waals surface area contributed by atoms with E-state index in [1.165, 1.54) is 0 Å². The Kier molecular flexibility index (Phi) is 2.77. The van der Waals surface area contributed by atoms with Crippen molar-refractivity contribution >= 4 is 23.0 Å². The molecule has 1 atom stereocenters. The quantitative estimate of drug-likeness (QED) is 0.777. The summed E-state index contributed by atoms with van der Waals surface area (Å²) in [4.78, 5) is 18.7. The van der Waals surface area contributed by atoms with Gasteiger partial charge in [0, 0.05) is 23.4 Å². The Morgan fingerprint density at radius 1 is 1.18 bits per heavy atom. The SMILES string of the molecule is Nc1cc2c3c(c1)C(c1ccccc1)=N[C@@H](N)C(=O)N3CC2. The number of nitrogens with zero attached hydrogens (tertiary/aromatic N) is 2. The van der Waals surface area contributed by atoms with Crippen molar-refractivity contribution in [3.8, 4) is 0 Å². The normalized spacial score (nSPS) is 19.7. The maximum atomic E-state index is 12.5. The molecule has 0 saturated heterocycles. The van der Waals surface area contributed by atoms with Crippen LogP contribution in [0.25, 0.3) is 0 Å². The van der Waals surface area contributed by atoms with Crippen LogP contribution in [-0.2, 0) is 11.2 Å². The molecule has 0 unspecified atom stereocenters. The van der Waals surface area contributed by atoms with Crippen molar-refractivity contribution in [1.29, 1.82) is 0 Å². The molecular weight excluding hydrogens is 276 g/mol. The van der Waals surface area contributed by atoms with Crippen LogP contribution in [0.3, 0.4) is 0 Å². The first kappa shape index (κ1) is 13.0. The van der Waals surface area contributed by atoms with E-state index in [4.69, 9.17) is 11.5 Å². The fourth-order valence-corrected chi connectivity index (χ4v) is 3.22. The summed E-state index contributed by atoms with van der Waals surface area (Å²) in [5.74, 6) is -0.157. The molecule has 1 amide bonds. The smallest absolute Gasteiger partial charge is 0.266 e. The van der Waals surface area contributed by atoms with Crippen LogP contribution in [-0.4, -0.2) is 24.3 Å². The van der Waals surface area contributed by atoms with Crippen molar-refractivity contribution in [3.05, 3.63) is 59.2 Å². The van der Waals surface area contributed by atoms with Crippen molar-refractivity contribution in [1.82, 2.24) is 0 Å². The van der Waals surface area contributed by atoms with Crippen molar-refractivity contribution in [2.75, 3.05) is 17.2 Å². The van der Waals surface area contributed by atoms with Crippen LogP contribution in [0.2, 0.25) is 0 Å². The van der Waals surface area contributed by atoms with Crippen molar-refractivity contribution in [3.63, 3.8) is 0 Å². The first-order valence-corrected chi connectivity index (χ1v) is 7.28. The highest BCUT2D eigenvalue weighted by Gasteiger charge is 2.35. The summed E-state index contributed by atoms with van der Waals surface area (Å²) >= 11 is 0. The van der Waals surface area contributed by atoms with Gasteiger partial charge in [-0.1, -0.05) is 30.3 Å². The number of aliphatic imine (C=N–C) groups is 1. The lowest BCUT2D eigenvalue weighted by molar-refractivity contribution is -0.119. The lowest BCUT2D eigenvalue weighted by atomic mass is 9.97. The Bertz CT molecular complexity index is 798. The van der Waals surface area contributed by atoms with Gasteiger partial charge in [0.1, 0.15) is 0 Å². The number of benzene rings is 2. The molecule has 4 N–H and O–H groups in total. The van der Waals surface area contributed by atoms with Gasteiger partial charge >= 0.3 is 0 Å². The van der Waals surface area contributed by atoms with Gasteiger partial charge in [-0.2, -0.15) is 0 Å². The second kappa shape index (κ2) is 4.68. The van der Waals surface area contributed by atoms with Crippen LogP contribution >= 0.6 is 0 Å². The summed E-state index contributed by atoms with van der Waals surface area (Å²) in [6.45, 7) is 0.635. The van der Waals surface area contributed by atoms with Crippen molar-refractivity contribution < 1.29 is 4.79 Å². The molecule has 22 heavy (non-hydrogen) atoms. The standard InChI is InChI=1S/C17H16N4O/c18-12-8-11-6-7-21-15(11)13(9-12)14(20-16(19)17(21)22)10-4-2-1-3-5-10/h1-5,8-9,16H,6-7,18-19H2/t16-/m1/s1. The van der Waals surface area contributed by atoms with Gasteiger partial charge in [0.15, 0.2) is 6.17 Å². The number of carbonyl (C=O) groups excluding carboxylic acids is 1. The van der Waals surface area contributed by atoms with Crippen LogP contribution in [0.15, 0.2) is 47.5 Å². The third-order valence-corrected chi connectivity index (χ3v) is 4.18. The van der Waals surface area contributed by atoms with E-state index in [9.17, 15) is 4.79 Å². The number of amides is 1. The maximum absolute atomic E-state index is 12.5. The fourth-order valence-electron chi connectivity index (χ4n) is 3.22. The Morgan fingerprint density at radius 3 is 2.73 bits per heavy atom. The Morgan fingerprint density at radius 2 is 1.95 bits per heavy atom. The molecule has 2 aliphatic heterocycles. The molecule has 0 aromatic heterocycles. The van der Waals surface area contributed by atoms with E-state index in [1.54, 1.807) is 4.90 Å². The second-order valence-electron chi connectivity index (χ2n) is 5.60. The van der Waals surface area contributed by atoms with Crippen molar-refractivity contribution in [2.45, 2.75) is 12.6 Å². The number of rotatable bonds is 1. The largest absolute Gasteiger partial charge is 0.399 e. The number of anilines is 2. The summed E-state index contributed by atoms with van der Waals surface area (Å²) in [5, 5.41) is 0. The van der Waals surface area contributed by atoms with Crippen LogP contribution < -0.4 is 16.4 Å². The lowest BCUT2D eigenvalue weighted by Crippen LogP contribution is -2.41. The molecule has 2 aliphatic rings. The molecule has 2 aromatic carbocycles. The van der Waals surface area contributed by atoms with E-state index >= 15 is 0 Å². The van der Waals surface area contributed by atoms with Gasteiger partial charge < -0.3 is 16.4 Å². The van der Waals surface area contributed by atoms with Crippen LogP contribution in [0, 0.1) is 0 Å². The number of nitrogens with two attached hydrogens (primary N) is 2. The molecule has 5 heteroatoms. The van der Waals surface area contributed by atoms with Crippen LogP contribution in [0.4, 0.5) is 11.4 Å². The number of hydrogen-bond acceptors (Lipinski definition) is 4. The summed E-state index contributed by atoms with van der Waals surface area (Å²) in [6, 6.07) is 13.6. The van der Waals surface area contributed by atoms with Crippen LogP contribution in [0.5, 0.6) is 0 Å². The number of hydrogen-bond donors (Lipinski definition) is 2. The third-order valence-electron chi connectivity index (χ3n) is 4.18. The van der Waals surface area contributed by atoms with E-state index in [-0.39, 0.29) is 5.91 Å². The predicted molar refractivity (Wildman–Crippen MR) is 87.0 cm³/mol. The van der Waals surface area contributed by atoms with E-state index in [2.05, 4.69) is 4.99 Å². The van der Waals surface area contributed by atoms with E-state index in [0.717, 1.165) is 34.5 Å². The minimum atomic E-state index is -0.880. The van der Waals surface area contributed by atoms with Crippen LogP contribution in [0.1, 0.15) is 16.7 Å². The van der Waals surface area contributed by atoms with Gasteiger partial charge in [-0.15, -0.1) is 0 Å². The van der Waals surface area contributed by atoms with Gasteiger partial charge in [0.2, 0.25) is 0 Å². The van der Waals surface area contributed by atoms with Gasteiger partial charge in [0.25, 0.3) is 5.91 Å². The zero-order chi connectivity index (χ0) is 15.3. The maximum Gasteiger partial charge on any atom is 0.266 e. The lowest BCUT2D eigenvalue weighted by Gasteiger charge is -2.19. The minimum Gasteiger partial charge on any atom is -0.399 e. The van der Waals surface area contributed by atoms with Gasteiger partial charge in [0.05, 0.1) is 11.4 Å². The first-order chi connectivity index (χ1) is 10.6. The third kappa shape index (κ3) is 1.83. The molecule has 110 valence electrons. The zero-order valence-corrected chi connectivity index (χ0v) is 12.0. The molecule has 4 rings (SSSR count). The highest BCUT2D eigenvalue weighted by atomic mass is 16.2. The van der Waals surface area contributed by atoms with Gasteiger partial charge in [-0.05, 0) is 24.1 Å². The molecule has 0 bridgehead atoms. The molecular formula is C17H16N4O. The molecule has 0 saturated carbocycles. The average Bonchev–Trinajstić information content (AvgIpc) is 2.91. The van der Waals surface area contributed by atoms with Gasteiger partial charge in [-0.3, -0.25) is 9.79 Å². The number of carbonyl (C=O) groups is 1. The second-order valence-corrected chi connectivity index (χ2v) is 5.60. The Hall–Kier alpha value is -2.66. The zero-order valence-electron chi connectivity index (χ0n) is 12.0. The van der Waals surface area contributed by atoms with Crippen molar-refractivity contribution in [2.24, 2.45) is 10.7 Å². The molecule has 2 aromatic rings. The Balaban J connectivity index is 2.02. The summed E-state index contributed by atoms with van der Waals surface area (Å²) in [5.41, 5.74) is 17.3. The average molecular weight is 292 g/mol. The van der Waals surface area contributed by atoms with Gasteiger partial charge in [-0.25, -0.2) is 0 Å². The summed E-state index contributed by atoms with van der Waals surface area (Å²) in [7, 11) is 0. The topological polar surface area (TPSA) is 84.7 Å². The fraction of sp³-hybridized carbons (Fsp3) is 0.176. The highest BCUT2D eigenvalue weighted by Crippen LogP contribution is 2.37. The molecule has 2 heterocycles. The van der Waals surface area contributed by atoms with E-state index in [1.807, 2.05) is 42.5 Å². The Labute approximate surface area is 128 Å². The summed E-state index contributed by atoms with van der Waals surface area (Å²) < 4.78 is 0. The molecule has 0 radical (unpaired) electrons. The molecule has 5 nitrogen and oxygen atoms in total. The highest BCUT2D eigenvalue weighted by molar-refractivity contribution is 6.21.